The van der Waals surface area contributed by atoms with Crippen LogP contribution in [0.4, 0.5) is 5.69 Å². The first-order chi connectivity index (χ1) is 13.6. The molecule has 1 aliphatic heterocycles. The molecular weight excluding hydrogens is 352 g/mol. The number of anilines is 1. The van der Waals surface area contributed by atoms with Crippen LogP contribution in [0.2, 0.25) is 0 Å². The van der Waals surface area contributed by atoms with Crippen molar-refractivity contribution >= 4 is 5.69 Å². The smallest absolute Gasteiger partial charge is 0.119 e. The highest BCUT2D eigenvalue weighted by Gasteiger charge is 2.21. The Bertz CT molecular complexity index is 685. The number of hydrogen-bond donors (Lipinski definition) is 1. The Morgan fingerprint density at radius 1 is 1.11 bits per heavy atom. The molecule has 2 atom stereocenters. The maximum Gasteiger partial charge on any atom is 0.119 e. The molecule has 2 aromatic carbocycles. The third-order valence-corrected chi connectivity index (χ3v) is 5.00. The van der Waals surface area contributed by atoms with Crippen molar-refractivity contribution in [2.24, 2.45) is 0 Å². The zero-order valence-electron chi connectivity index (χ0n) is 17.0. The van der Waals surface area contributed by atoms with Crippen LogP contribution in [0.15, 0.2) is 54.6 Å². The fourth-order valence-electron chi connectivity index (χ4n) is 3.50. The van der Waals surface area contributed by atoms with E-state index in [-0.39, 0.29) is 12.7 Å². The molecule has 0 saturated carbocycles. The van der Waals surface area contributed by atoms with E-state index in [2.05, 4.69) is 34.1 Å². The maximum absolute atomic E-state index is 10.5. The summed E-state index contributed by atoms with van der Waals surface area (Å²) in [5.41, 5.74) is 2.42. The number of nitrogens with zero attached hydrogens (tertiary/aromatic N) is 2. The minimum atomic E-state index is -0.553. The highest BCUT2D eigenvalue weighted by molar-refractivity contribution is 5.45. The van der Waals surface area contributed by atoms with Crippen LogP contribution in [0.1, 0.15) is 18.4 Å². The molecule has 1 heterocycles. The van der Waals surface area contributed by atoms with Gasteiger partial charge in [-0.05, 0) is 42.7 Å². The predicted molar refractivity (Wildman–Crippen MR) is 113 cm³/mol. The van der Waals surface area contributed by atoms with Gasteiger partial charge in [0.05, 0.1) is 6.10 Å². The molecule has 0 aliphatic carbocycles. The minimum absolute atomic E-state index is 0.253. The van der Waals surface area contributed by atoms with E-state index < -0.39 is 6.10 Å². The molecule has 2 unspecified atom stereocenters. The summed E-state index contributed by atoms with van der Waals surface area (Å²) in [5, 5.41) is 10.5. The van der Waals surface area contributed by atoms with Crippen molar-refractivity contribution < 1.29 is 14.6 Å². The van der Waals surface area contributed by atoms with Crippen molar-refractivity contribution in [1.82, 2.24) is 4.90 Å². The van der Waals surface area contributed by atoms with E-state index in [0.29, 0.717) is 6.54 Å². The molecular formula is C23H32N2O3. The zero-order valence-corrected chi connectivity index (χ0v) is 17.0. The second kappa shape index (κ2) is 10.5. The Morgan fingerprint density at radius 3 is 2.50 bits per heavy atom. The van der Waals surface area contributed by atoms with Crippen LogP contribution in [-0.4, -0.2) is 62.6 Å². The van der Waals surface area contributed by atoms with E-state index in [1.807, 2.05) is 44.4 Å². The molecule has 2 aromatic rings. The lowest BCUT2D eigenvalue weighted by Gasteiger charge is -2.27. The van der Waals surface area contributed by atoms with Crippen molar-refractivity contribution in [3.8, 4) is 5.75 Å². The van der Waals surface area contributed by atoms with Crippen LogP contribution in [0, 0.1) is 0 Å². The molecule has 3 rings (SSSR count). The van der Waals surface area contributed by atoms with Gasteiger partial charge in [0, 0.05) is 46.0 Å². The van der Waals surface area contributed by atoms with Crippen LogP contribution in [-0.2, 0) is 11.3 Å². The van der Waals surface area contributed by atoms with Gasteiger partial charge in [0.1, 0.15) is 18.5 Å². The average Bonchev–Trinajstić information content (AvgIpc) is 3.20. The molecule has 1 fully saturated rings. The minimum Gasteiger partial charge on any atom is -0.491 e. The van der Waals surface area contributed by atoms with E-state index in [4.69, 9.17) is 9.47 Å². The number of aliphatic hydroxyl groups is 1. The fraction of sp³-hybridized carbons (Fsp3) is 0.478. The van der Waals surface area contributed by atoms with Gasteiger partial charge in [-0.3, -0.25) is 4.90 Å². The molecule has 0 radical (unpaired) electrons. The topological polar surface area (TPSA) is 45.2 Å². The first-order valence-electron chi connectivity index (χ1n) is 10.1. The lowest BCUT2D eigenvalue weighted by Crippen LogP contribution is -2.39. The van der Waals surface area contributed by atoms with Gasteiger partial charge in [0.25, 0.3) is 0 Å². The van der Waals surface area contributed by atoms with E-state index >= 15 is 0 Å². The second-order valence-corrected chi connectivity index (χ2v) is 7.67. The van der Waals surface area contributed by atoms with Crippen molar-refractivity contribution in [3.05, 3.63) is 60.2 Å². The van der Waals surface area contributed by atoms with E-state index in [9.17, 15) is 5.11 Å². The summed E-state index contributed by atoms with van der Waals surface area (Å²) in [6.07, 6.45) is 1.91. The molecule has 152 valence electrons. The molecule has 0 spiro atoms. The zero-order chi connectivity index (χ0) is 19.8. The highest BCUT2D eigenvalue weighted by atomic mass is 16.5. The largest absolute Gasteiger partial charge is 0.491 e. The quantitative estimate of drug-likeness (QED) is 0.682. The Kier molecular flexibility index (Phi) is 7.71. The van der Waals surface area contributed by atoms with Crippen LogP contribution < -0.4 is 9.64 Å². The molecule has 1 saturated heterocycles. The predicted octanol–water partition coefficient (Wildman–Crippen LogP) is 3.17. The summed E-state index contributed by atoms with van der Waals surface area (Å²) in [7, 11) is 4.09. The van der Waals surface area contributed by atoms with Gasteiger partial charge < -0.3 is 19.5 Å². The van der Waals surface area contributed by atoms with Crippen LogP contribution in [0.3, 0.4) is 0 Å². The van der Waals surface area contributed by atoms with E-state index in [0.717, 1.165) is 38.3 Å². The molecule has 0 aromatic heterocycles. The maximum atomic E-state index is 10.5. The molecule has 1 N–H and O–H groups in total. The lowest BCUT2D eigenvalue weighted by molar-refractivity contribution is 0.0313. The first kappa shape index (κ1) is 20.6. The van der Waals surface area contributed by atoms with Crippen molar-refractivity contribution in [1.29, 1.82) is 0 Å². The fourth-order valence-corrected chi connectivity index (χ4v) is 3.50. The SMILES string of the molecule is CN(C)c1ccc(CN(CC(O)COc2ccccc2)CC2CCCO2)cc1. The summed E-state index contributed by atoms with van der Waals surface area (Å²) < 4.78 is 11.5. The Balaban J connectivity index is 1.57. The number of benzene rings is 2. The van der Waals surface area contributed by atoms with Gasteiger partial charge in [-0.1, -0.05) is 30.3 Å². The third-order valence-electron chi connectivity index (χ3n) is 5.00. The number of hydrogen-bond acceptors (Lipinski definition) is 5. The van der Waals surface area contributed by atoms with Gasteiger partial charge >= 0.3 is 0 Å². The van der Waals surface area contributed by atoms with E-state index in [1.54, 1.807) is 0 Å². The van der Waals surface area contributed by atoms with Gasteiger partial charge in [0.2, 0.25) is 0 Å². The first-order valence-corrected chi connectivity index (χ1v) is 10.1. The molecule has 28 heavy (non-hydrogen) atoms. The Hall–Kier alpha value is -2.08. The summed E-state index contributed by atoms with van der Waals surface area (Å²) in [6.45, 7) is 3.30. The number of para-hydroxylation sites is 1. The normalized spacial score (nSPS) is 17.6. The van der Waals surface area contributed by atoms with Crippen LogP contribution in [0.5, 0.6) is 5.75 Å². The standard InChI is InChI=1S/C23H32N2O3/c1-24(2)20-12-10-19(11-13-20)15-25(17-23-9-6-14-27-23)16-21(26)18-28-22-7-4-3-5-8-22/h3-5,7-8,10-13,21,23,26H,6,9,14-18H2,1-2H3. The Labute approximate surface area is 168 Å². The number of aliphatic hydroxyl groups excluding tert-OH is 1. The molecule has 1 aliphatic rings. The summed E-state index contributed by atoms with van der Waals surface area (Å²) in [5.74, 6) is 0.784. The molecule has 0 amide bonds. The van der Waals surface area contributed by atoms with E-state index in [1.165, 1.54) is 11.3 Å². The lowest BCUT2D eigenvalue weighted by atomic mass is 10.1. The monoisotopic (exact) mass is 384 g/mol. The average molecular weight is 385 g/mol. The third kappa shape index (κ3) is 6.51. The van der Waals surface area contributed by atoms with Crippen molar-refractivity contribution in [2.45, 2.75) is 31.6 Å². The van der Waals surface area contributed by atoms with Gasteiger partial charge in [-0.25, -0.2) is 0 Å². The number of ether oxygens (including phenoxy) is 2. The summed E-state index contributed by atoms with van der Waals surface area (Å²) >= 11 is 0. The number of rotatable bonds is 10. The Morgan fingerprint density at radius 2 is 1.86 bits per heavy atom. The van der Waals surface area contributed by atoms with Gasteiger partial charge in [0.15, 0.2) is 0 Å². The molecule has 5 heteroatoms. The summed E-state index contributed by atoms with van der Waals surface area (Å²) in [6, 6.07) is 18.2. The van der Waals surface area contributed by atoms with Gasteiger partial charge in [-0.2, -0.15) is 0 Å². The van der Waals surface area contributed by atoms with Crippen molar-refractivity contribution in [2.75, 3.05) is 45.3 Å². The van der Waals surface area contributed by atoms with Crippen LogP contribution >= 0.6 is 0 Å². The highest BCUT2D eigenvalue weighted by Crippen LogP contribution is 2.18. The summed E-state index contributed by atoms with van der Waals surface area (Å²) in [4.78, 5) is 4.37. The van der Waals surface area contributed by atoms with Gasteiger partial charge in [-0.15, -0.1) is 0 Å². The second-order valence-electron chi connectivity index (χ2n) is 7.67. The van der Waals surface area contributed by atoms with Crippen LogP contribution in [0.25, 0.3) is 0 Å². The molecule has 5 nitrogen and oxygen atoms in total. The molecule has 0 bridgehead atoms. The van der Waals surface area contributed by atoms with Crippen molar-refractivity contribution in [3.63, 3.8) is 0 Å².